The molecule has 0 aliphatic carbocycles. The number of carbonyl (C=O) groups excluding carboxylic acids is 1. The Kier molecular flexibility index (Phi) is 6.12. The van der Waals surface area contributed by atoms with Crippen LogP contribution >= 0.6 is 0 Å². The monoisotopic (exact) mass is 378 g/mol. The second kappa shape index (κ2) is 9.11. The molecule has 0 radical (unpaired) electrons. The lowest BCUT2D eigenvalue weighted by Gasteiger charge is -2.38. The average molecular weight is 379 g/mol. The van der Waals surface area contributed by atoms with E-state index in [1.807, 2.05) is 11.0 Å². The molecule has 2 aliphatic rings. The summed E-state index contributed by atoms with van der Waals surface area (Å²) >= 11 is 0. The molecule has 2 saturated heterocycles. The highest BCUT2D eigenvalue weighted by Gasteiger charge is 2.23. The number of amides is 1. The van der Waals surface area contributed by atoms with Crippen LogP contribution in [0.25, 0.3) is 0 Å². The number of hydrogen-bond donors (Lipinski definition) is 0. The summed E-state index contributed by atoms with van der Waals surface area (Å²) in [6.45, 7) is 8.51. The Morgan fingerprint density at radius 1 is 0.643 bits per heavy atom. The summed E-state index contributed by atoms with van der Waals surface area (Å²) in [5.41, 5.74) is 2.56. The molecule has 2 aromatic carbocycles. The Bertz CT molecular complexity index is 736. The maximum absolute atomic E-state index is 12.6. The molecule has 0 saturated carbocycles. The van der Waals surface area contributed by atoms with Crippen molar-refractivity contribution in [2.24, 2.45) is 0 Å². The van der Waals surface area contributed by atoms with E-state index in [0.29, 0.717) is 12.3 Å². The van der Waals surface area contributed by atoms with E-state index in [2.05, 4.69) is 69.3 Å². The van der Waals surface area contributed by atoms with Crippen LogP contribution in [0.2, 0.25) is 0 Å². The Morgan fingerprint density at radius 2 is 1.11 bits per heavy atom. The maximum atomic E-state index is 12.6. The van der Waals surface area contributed by atoms with Gasteiger partial charge in [-0.05, 0) is 24.3 Å². The smallest absolute Gasteiger partial charge is 0.223 e. The van der Waals surface area contributed by atoms with Crippen molar-refractivity contribution >= 4 is 17.3 Å². The van der Waals surface area contributed by atoms with Gasteiger partial charge in [0, 0.05) is 76.7 Å². The first-order valence-electron chi connectivity index (χ1n) is 10.4. The summed E-state index contributed by atoms with van der Waals surface area (Å²) < 4.78 is 0. The Hall–Kier alpha value is -2.53. The van der Waals surface area contributed by atoms with E-state index in [4.69, 9.17) is 0 Å². The van der Waals surface area contributed by atoms with Crippen molar-refractivity contribution < 1.29 is 4.79 Å². The normalized spacial score (nSPS) is 18.4. The van der Waals surface area contributed by atoms with Gasteiger partial charge in [0.2, 0.25) is 5.91 Å². The fourth-order valence-corrected chi connectivity index (χ4v) is 4.13. The third-order valence-electron chi connectivity index (χ3n) is 5.89. The largest absolute Gasteiger partial charge is 0.369 e. The lowest BCUT2D eigenvalue weighted by molar-refractivity contribution is -0.131. The van der Waals surface area contributed by atoms with E-state index in [1.54, 1.807) is 0 Å². The summed E-state index contributed by atoms with van der Waals surface area (Å²) in [5, 5.41) is 0. The van der Waals surface area contributed by atoms with Crippen molar-refractivity contribution in [1.82, 2.24) is 9.80 Å². The molecule has 0 N–H and O–H groups in total. The zero-order chi connectivity index (χ0) is 19.2. The number of benzene rings is 2. The Morgan fingerprint density at radius 3 is 1.61 bits per heavy atom. The van der Waals surface area contributed by atoms with Crippen molar-refractivity contribution in [2.75, 3.05) is 68.7 Å². The van der Waals surface area contributed by atoms with Crippen molar-refractivity contribution in [2.45, 2.75) is 6.42 Å². The van der Waals surface area contributed by atoms with Gasteiger partial charge in [-0.3, -0.25) is 9.69 Å². The third-order valence-corrected chi connectivity index (χ3v) is 5.89. The molecule has 148 valence electrons. The van der Waals surface area contributed by atoms with Crippen LogP contribution in [-0.4, -0.2) is 74.6 Å². The van der Waals surface area contributed by atoms with Gasteiger partial charge in [0.1, 0.15) is 0 Å². The SMILES string of the molecule is O=C(CCN1CCN(c2ccccc2)CC1)N1CCN(c2ccccc2)CC1. The van der Waals surface area contributed by atoms with Crippen LogP contribution in [0.15, 0.2) is 60.7 Å². The molecule has 5 heteroatoms. The number of rotatable bonds is 5. The summed E-state index contributed by atoms with van der Waals surface area (Å²) in [6, 6.07) is 21.1. The first kappa shape index (κ1) is 18.8. The van der Waals surface area contributed by atoms with E-state index in [0.717, 1.165) is 58.9 Å². The maximum Gasteiger partial charge on any atom is 0.223 e. The number of carbonyl (C=O) groups is 1. The van der Waals surface area contributed by atoms with E-state index in [1.165, 1.54) is 11.4 Å². The Labute approximate surface area is 168 Å². The molecule has 0 bridgehead atoms. The molecule has 0 atom stereocenters. The molecule has 0 spiro atoms. The topological polar surface area (TPSA) is 30.0 Å². The van der Waals surface area contributed by atoms with Crippen LogP contribution in [0, 0.1) is 0 Å². The molecular weight excluding hydrogens is 348 g/mol. The molecule has 4 rings (SSSR count). The van der Waals surface area contributed by atoms with Crippen LogP contribution in [0.5, 0.6) is 0 Å². The molecule has 2 aromatic rings. The predicted molar refractivity (Wildman–Crippen MR) is 115 cm³/mol. The summed E-state index contributed by atoms with van der Waals surface area (Å²) in [7, 11) is 0. The minimum absolute atomic E-state index is 0.304. The molecule has 1 amide bonds. The van der Waals surface area contributed by atoms with Crippen LogP contribution in [0.1, 0.15) is 6.42 Å². The first-order valence-corrected chi connectivity index (χ1v) is 10.4. The zero-order valence-electron chi connectivity index (χ0n) is 16.5. The molecular formula is C23H30N4O. The molecule has 5 nitrogen and oxygen atoms in total. The van der Waals surface area contributed by atoms with Gasteiger partial charge in [-0.2, -0.15) is 0 Å². The van der Waals surface area contributed by atoms with E-state index in [-0.39, 0.29) is 0 Å². The number of para-hydroxylation sites is 2. The molecule has 2 heterocycles. The van der Waals surface area contributed by atoms with Gasteiger partial charge in [0.05, 0.1) is 0 Å². The van der Waals surface area contributed by atoms with Gasteiger partial charge in [-0.25, -0.2) is 0 Å². The molecule has 2 aliphatic heterocycles. The van der Waals surface area contributed by atoms with Crippen LogP contribution < -0.4 is 9.80 Å². The van der Waals surface area contributed by atoms with Crippen molar-refractivity contribution in [1.29, 1.82) is 0 Å². The molecule has 28 heavy (non-hydrogen) atoms. The van der Waals surface area contributed by atoms with Crippen molar-refractivity contribution in [3.8, 4) is 0 Å². The minimum atomic E-state index is 0.304. The van der Waals surface area contributed by atoms with Crippen LogP contribution in [0.3, 0.4) is 0 Å². The van der Waals surface area contributed by atoms with Gasteiger partial charge in [-0.1, -0.05) is 36.4 Å². The predicted octanol–water partition coefficient (Wildman–Crippen LogP) is 2.55. The highest BCUT2D eigenvalue weighted by molar-refractivity contribution is 5.76. The summed E-state index contributed by atoms with van der Waals surface area (Å²) in [5.74, 6) is 0.304. The molecule has 0 unspecified atom stereocenters. The standard InChI is InChI=1S/C23H30N4O/c28-23(27-19-17-26(18-20-27)22-9-5-2-6-10-22)11-12-24-13-15-25(16-14-24)21-7-3-1-4-8-21/h1-10H,11-20H2. The van der Waals surface area contributed by atoms with Crippen molar-refractivity contribution in [3.05, 3.63) is 60.7 Å². The van der Waals surface area contributed by atoms with Crippen LogP contribution in [-0.2, 0) is 4.79 Å². The van der Waals surface area contributed by atoms with E-state index >= 15 is 0 Å². The van der Waals surface area contributed by atoms with E-state index < -0.39 is 0 Å². The molecule has 0 aromatic heterocycles. The van der Waals surface area contributed by atoms with Gasteiger partial charge >= 0.3 is 0 Å². The quantitative estimate of drug-likeness (QED) is 0.800. The first-order chi connectivity index (χ1) is 13.8. The summed E-state index contributed by atoms with van der Waals surface area (Å²) in [4.78, 5) is 21.9. The average Bonchev–Trinajstić information content (AvgIpc) is 2.79. The number of hydrogen-bond acceptors (Lipinski definition) is 4. The fourth-order valence-electron chi connectivity index (χ4n) is 4.13. The van der Waals surface area contributed by atoms with Gasteiger partial charge < -0.3 is 14.7 Å². The van der Waals surface area contributed by atoms with Gasteiger partial charge in [-0.15, -0.1) is 0 Å². The fraction of sp³-hybridized carbons (Fsp3) is 0.435. The minimum Gasteiger partial charge on any atom is -0.369 e. The second-order valence-corrected chi connectivity index (χ2v) is 7.62. The highest BCUT2D eigenvalue weighted by Crippen LogP contribution is 2.17. The van der Waals surface area contributed by atoms with Gasteiger partial charge in [0.15, 0.2) is 0 Å². The van der Waals surface area contributed by atoms with Crippen molar-refractivity contribution in [3.63, 3.8) is 0 Å². The second-order valence-electron chi connectivity index (χ2n) is 7.62. The van der Waals surface area contributed by atoms with E-state index in [9.17, 15) is 4.79 Å². The number of nitrogens with zero attached hydrogens (tertiary/aromatic N) is 4. The summed E-state index contributed by atoms with van der Waals surface area (Å²) in [6.07, 6.45) is 0.636. The van der Waals surface area contributed by atoms with Crippen LogP contribution in [0.4, 0.5) is 11.4 Å². The highest BCUT2D eigenvalue weighted by atomic mass is 16.2. The molecule has 2 fully saturated rings. The number of piperazine rings is 2. The lowest BCUT2D eigenvalue weighted by atomic mass is 10.2. The third kappa shape index (κ3) is 4.65. The zero-order valence-corrected chi connectivity index (χ0v) is 16.5. The lowest BCUT2D eigenvalue weighted by Crippen LogP contribution is -2.50. The van der Waals surface area contributed by atoms with Gasteiger partial charge in [0.25, 0.3) is 0 Å². The Balaban J connectivity index is 1.18. The number of anilines is 2.